The molecule has 28 heavy (non-hydrogen) atoms. The lowest BCUT2D eigenvalue weighted by atomic mass is 9.98. The predicted molar refractivity (Wildman–Crippen MR) is 120 cm³/mol. The molecule has 0 aromatic heterocycles. The second-order valence-corrected chi connectivity index (χ2v) is 6.28. The summed E-state index contributed by atoms with van der Waals surface area (Å²) in [7, 11) is 3.44. The molecule has 0 aliphatic heterocycles. The Labute approximate surface area is 167 Å². The van der Waals surface area contributed by atoms with Crippen LogP contribution in [0.4, 0.5) is 0 Å². The number of aryl methyl sites for hydroxylation is 1. The third kappa shape index (κ3) is 5.30. The quantitative estimate of drug-likeness (QED) is 0.406. The molecule has 4 nitrogen and oxygen atoms in total. The van der Waals surface area contributed by atoms with Crippen LogP contribution in [0.25, 0.3) is 11.1 Å². The van der Waals surface area contributed by atoms with Crippen LogP contribution in [0.15, 0.2) is 89.2 Å². The van der Waals surface area contributed by atoms with Gasteiger partial charge in [-0.25, -0.2) is 0 Å². The Morgan fingerprint density at radius 3 is 2.57 bits per heavy atom. The van der Waals surface area contributed by atoms with Gasteiger partial charge in [-0.05, 0) is 54.3 Å². The lowest BCUT2D eigenvalue weighted by Crippen LogP contribution is -2.24. The average Bonchev–Trinajstić information content (AvgIpc) is 2.72. The minimum Gasteiger partial charge on any atom is -0.497 e. The number of allylic oxidation sites excluding steroid dienone is 2. The molecule has 0 saturated carbocycles. The van der Waals surface area contributed by atoms with Gasteiger partial charge >= 0.3 is 0 Å². The Balaban J connectivity index is 2.34. The molecule has 1 N–H and O–H groups in total. The van der Waals surface area contributed by atoms with E-state index in [9.17, 15) is 0 Å². The van der Waals surface area contributed by atoms with Crippen molar-refractivity contribution in [1.29, 1.82) is 0 Å². The minimum atomic E-state index is 0.744. The molecule has 2 rings (SSSR count). The number of benzene rings is 2. The Bertz CT molecular complexity index is 952. The summed E-state index contributed by atoms with van der Waals surface area (Å²) < 4.78 is 5.35. The van der Waals surface area contributed by atoms with Gasteiger partial charge in [0, 0.05) is 30.7 Å². The molecule has 0 unspecified atom stereocenters. The van der Waals surface area contributed by atoms with Crippen molar-refractivity contribution >= 4 is 12.1 Å². The summed E-state index contributed by atoms with van der Waals surface area (Å²) in [5.74, 6) is 1.59. The first-order chi connectivity index (χ1) is 13.5. The molecule has 0 bridgehead atoms. The standard InChI is InChI=1S/C24H27N3O/c1-7-13-26-16-18(3)19(4)27-24(25-5)23-15-21(12-11-17(23)2)20-9-8-10-22(14-20)28-6/h7-16H,1,4H2,2-3,5-6H3,(H,25,27)/b18-16+,26-13?. The van der Waals surface area contributed by atoms with Crippen molar-refractivity contribution in [3.8, 4) is 16.9 Å². The van der Waals surface area contributed by atoms with Crippen LogP contribution in [-0.2, 0) is 0 Å². The maximum absolute atomic E-state index is 5.35. The number of ether oxygens (including phenoxy) is 1. The first-order valence-electron chi connectivity index (χ1n) is 8.99. The van der Waals surface area contributed by atoms with Crippen LogP contribution in [0.2, 0.25) is 0 Å². The smallest absolute Gasteiger partial charge is 0.132 e. The maximum Gasteiger partial charge on any atom is 0.132 e. The molecule has 2 aromatic carbocycles. The van der Waals surface area contributed by atoms with Crippen LogP contribution >= 0.6 is 0 Å². The summed E-state index contributed by atoms with van der Waals surface area (Å²) in [5.41, 5.74) is 5.99. The van der Waals surface area contributed by atoms with E-state index in [-0.39, 0.29) is 0 Å². The number of hydrogen-bond acceptors (Lipinski definition) is 3. The van der Waals surface area contributed by atoms with Gasteiger partial charge in [0.25, 0.3) is 0 Å². The van der Waals surface area contributed by atoms with Gasteiger partial charge < -0.3 is 10.1 Å². The molecule has 2 aromatic rings. The van der Waals surface area contributed by atoms with E-state index < -0.39 is 0 Å². The van der Waals surface area contributed by atoms with Gasteiger partial charge in [0.1, 0.15) is 11.6 Å². The van der Waals surface area contributed by atoms with E-state index in [0.717, 1.165) is 45.1 Å². The van der Waals surface area contributed by atoms with E-state index >= 15 is 0 Å². The molecule has 0 aliphatic rings. The molecule has 0 spiro atoms. The number of nitrogens with one attached hydrogen (secondary N) is 1. The van der Waals surface area contributed by atoms with Crippen molar-refractivity contribution in [3.63, 3.8) is 0 Å². The highest BCUT2D eigenvalue weighted by Gasteiger charge is 2.11. The van der Waals surface area contributed by atoms with Crippen molar-refractivity contribution in [2.75, 3.05) is 14.2 Å². The molecular formula is C24H27N3O. The molecule has 0 heterocycles. The minimum absolute atomic E-state index is 0.744. The zero-order valence-corrected chi connectivity index (χ0v) is 17.0. The van der Waals surface area contributed by atoms with E-state index in [1.807, 2.05) is 25.1 Å². The van der Waals surface area contributed by atoms with Crippen molar-refractivity contribution in [2.45, 2.75) is 13.8 Å². The molecule has 0 saturated heterocycles. The number of aliphatic imine (C=N–C) groups is 2. The summed E-state index contributed by atoms with van der Waals surface area (Å²) in [4.78, 5) is 8.59. The Morgan fingerprint density at radius 2 is 1.89 bits per heavy atom. The van der Waals surface area contributed by atoms with Gasteiger partial charge in [-0.15, -0.1) is 0 Å². The number of methoxy groups -OCH3 is 1. The fraction of sp³-hybridized carbons (Fsp3) is 0.167. The molecule has 144 valence electrons. The zero-order chi connectivity index (χ0) is 20.5. The lowest BCUT2D eigenvalue weighted by Gasteiger charge is -2.16. The highest BCUT2D eigenvalue weighted by molar-refractivity contribution is 6.02. The Hall–Kier alpha value is -3.40. The maximum atomic E-state index is 5.35. The van der Waals surface area contributed by atoms with E-state index in [0.29, 0.717) is 0 Å². The molecule has 0 radical (unpaired) electrons. The monoisotopic (exact) mass is 373 g/mol. The van der Waals surface area contributed by atoms with Crippen LogP contribution < -0.4 is 10.1 Å². The third-order valence-corrected chi connectivity index (χ3v) is 4.32. The topological polar surface area (TPSA) is 46.0 Å². The van der Waals surface area contributed by atoms with Gasteiger partial charge in [-0.3, -0.25) is 9.98 Å². The molecule has 0 aliphatic carbocycles. The van der Waals surface area contributed by atoms with Gasteiger partial charge in [0.05, 0.1) is 7.11 Å². The first-order valence-corrected chi connectivity index (χ1v) is 8.99. The average molecular weight is 374 g/mol. The summed E-state index contributed by atoms with van der Waals surface area (Å²) in [6.45, 7) is 11.7. The van der Waals surface area contributed by atoms with E-state index in [1.165, 1.54) is 0 Å². The normalized spacial score (nSPS) is 12.1. The van der Waals surface area contributed by atoms with Crippen LogP contribution in [-0.4, -0.2) is 26.2 Å². The second-order valence-electron chi connectivity index (χ2n) is 6.28. The summed E-state index contributed by atoms with van der Waals surface area (Å²) in [5, 5.41) is 3.31. The van der Waals surface area contributed by atoms with Gasteiger partial charge in [-0.1, -0.05) is 43.5 Å². The zero-order valence-electron chi connectivity index (χ0n) is 17.0. The number of amidine groups is 1. The van der Waals surface area contributed by atoms with Crippen LogP contribution in [0, 0.1) is 6.92 Å². The Kier molecular flexibility index (Phi) is 7.52. The van der Waals surface area contributed by atoms with Crippen LogP contribution in [0.1, 0.15) is 18.1 Å². The summed E-state index contributed by atoms with van der Waals surface area (Å²) >= 11 is 0. The highest BCUT2D eigenvalue weighted by Crippen LogP contribution is 2.26. The molecule has 0 amide bonds. The lowest BCUT2D eigenvalue weighted by molar-refractivity contribution is 0.415. The first kappa shape index (κ1) is 20.9. The van der Waals surface area contributed by atoms with Crippen molar-refractivity contribution in [3.05, 3.63) is 90.3 Å². The highest BCUT2D eigenvalue weighted by atomic mass is 16.5. The summed E-state index contributed by atoms with van der Waals surface area (Å²) in [6.07, 6.45) is 5.00. The molecule has 0 atom stereocenters. The largest absolute Gasteiger partial charge is 0.497 e. The SMILES string of the molecule is C=CC=N/C=C(\C)C(=C)NC(=NC)c1cc(-c2cccc(OC)c2)ccc1C. The number of nitrogens with zero attached hydrogens (tertiary/aromatic N) is 2. The van der Waals surface area contributed by atoms with Crippen molar-refractivity contribution in [1.82, 2.24) is 5.32 Å². The Morgan fingerprint density at radius 1 is 1.14 bits per heavy atom. The van der Waals surface area contributed by atoms with Crippen LogP contribution in [0.5, 0.6) is 5.75 Å². The van der Waals surface area contributed by atoms with E-state index in [1.54, 1.807) is 32.6 Å². The summed E-state index contributed by atoms with van der Waals surface area (Å²) in [6, 6.07) is 14.3. The number of rotatable bonds is 7. The third-order valence-electron chi connectivity index (χ3n) is 4.32. The van der Waals surface area contributed by atoms with E-state index in [4.69, 9.17) is 4.74 Å². The molecular weight excluding hydrogens is 346 g/mol. The predicted octanol–water partition coefficient (Wildman–Crippen LogP) is 5.31. The number of hydrogen-bond donors (Lipinski definition) is 1. The molecule has 4 heteroatoms. The molecule has 0 fully saturated rings. The van der Waals surface area contributed by atoms with Crippen LogP contribution in [0.3, 0.4) is 0 Å². The van der Waals surface area contributed by atoms with Crippen molar-refractivity contribution < 1.29 is 4.74 Å². The van der Waals surface area contributed by atoms with Gasteiger partial charge in [0.15, 0.2) is 0 Å². The van der Waals surface area contributed by atoms with Gasteiger partial charge in [0.2, 0.25) is 0 Å². The fourth-order valence-electron chi connectivity index (χ4n) is 2.64. The second kappa shape index (κ2) is 10.1. The van der Waals surface area contributed by atoms with Gasteiger partial charge in [-0.2, -0.15) is 0 Å². The van der Waals surface area contributed by atoms with Crippen molar-refractivity contribution in [2.24, 2.45) is 9.98 Å². The van der Waals surface area contributed by atoms with E-state index in [2.05, 4.69) is 59.6 Å². The fourth-order valence-corrected chi connectivity index (χ4v) is 2.64.